The first kappa shape index (κ1) is 26.9. The molecular weight excluding hydrogens is 513 g/mol. The smallest absolute Gasteiger partial charge is 0.310 e. The molecule has 1 heterocycles. The molecule has 4 aromatic carbocycles. The van der Waals surface area contributed by atoms with Crippen LogP contribution in [0.4, 0.5) is 10.1 Å². The summed E-state index contributed by atoms with van der Waals surface area (Å²) in [4.78, 5) is 40.6. The maximum atomic E-state index is 15.0. The number of nitrogens with zero attached hydrogens (tertiary/aromatic N) is 1. The molecule has 2 amide bonds. The fourth-order valence-electron chi connectivity index (χ4n) is 4.75. The van der Waals surface area contributed by atoms with Gasteiger partial charge in [0.1, 0.15) is 23.9 Å². The summed E-state index contributed by atoms with van der Waals surface area (Å²) >= 11 is 0. The van der Waals surface area contributed by atoms with Crippen LogP contribution >= 0.6 is 0 Å². The van der Waals surface area contributed by atoms with Crippen molar-refractivity contribution in [3.05, 3.63) is 101 Å². The fourth-order valence-corrected chi connectivity index (χ4v) is 4.75. The number of esters is 1. The van der Waals surface area contributed by atoms with Crippen LogP contribution in [0.5, 0.6) is 11.5 Å². The summed E-state index contributed by atoms with van der Waals surface area (Å²) in [7, 11) is 0. The van der Waals surface area contributed by atoms with Crippen molar-refractivity contribution >= 4 is 34.2 Å². The molecule has 7 nitrogen and oxygen atoms in total. The number of benzene rings is 4. The zero-order chi connectivity index (χ0) is 28.2. The Morgan fingerprint density at radius 3 is 2.05 bits per heavy atom. The summed E-state index contributed by atoms with van der Waals surface area (Å²) in [6.45, 7) is 4.29. The van der Waals surface area contributed by atoms with Crippen molar-refractivity contribution in [3.8, 4) is 11.5 Å². The second-order valence-electron chi connectivity index (χ2n) is 9.28. The van der Waals surface area contributed by atoms with Gasteiger partial charge in [0.2, 0.25) is 0 Å². The van der Waals surface area contributed by atoms with Crippen molar-refractivity contribution in [2.24, 2.45) is 0 Å². The Labute approximate surface area is 231 Å². The third-order valence-corrected chi connectivity index (χ3v) is 6.57. The number of hydrogen-bond acceptors (Lipinski definition) is 6. The van der Waals surface area contributed by atoms with E-state index in [0.717, 1.165) is 16.5 Å². The van der Waals surface area contributed by atoms with Gasteiger partial charge >= 0.3 is 5.97 Å². The SMILES string of the molecule is CCCOc1c2c(c(OCc3ccccc3)c3ccccc13)C(=O)N(c1ccc(CC(=O)OCC)c(F)c1)C2=O. The number of hydrogen-bond donors (Lipinski definition) is 0. The summed E-state index contributed by atoms with van der Waals surface area (Å²) in [5.41, 5.74) is 1.18. The second-order valence-corrected chi connectivity index (χ2v) is 9.28. The summed E-state index contributed by atoms with van der Waals surface area (Å²) in [6.07, 6.45) is 0.425. The molecule has 0 fully saturated rings. The fraction of sp³-hybridized carbons (Fsp3) is 0.219. The van der Waals surface area contributed by atoms with E-state index in [0.29, 0.717) is 29.5 Å². The zero-order valence-corrected chi connectivity index (χ0v) is 22.2. The van der Waals surface area contributed by atoms with Crippen LogP contribution < -0.4 is 14.4 Å². The molecule has 4 aromatic rings. The number of ether oxygens (including phenoxy) is 3. The molecule has 0 aliphatic carbocycles. The lowest BCUT2D eigenvalue weighted by atomic mass is 9.99. The molecule has 204 valence electrons. The van der Waals surface area contributed by atoms with Crippen molar-refractivity contribution in [2.75, 3.05) is 18.1 Å². The van der Waals surface area contributed by atoms with E-state index in [1.54, 1.807) is 6.92 Å². The zero-order valence-electron chi connectivity index (χ0n) is 22.2. The highest BCUT2D eigenvalue weighted by Crippen LogP contribution is 2.46. The van der Waals surface area contributed by atoms with Crippen LogP contribution in [0.15, 0.2) is 72.8 Å². The standard InChI is InChI=1S/C32H28FNO6/c1-3-16-39-29-23-12-8-9-13-24(23)30(40-19-20-10-6-5-7-11-20)28-27(29)31(36)34(32(28)37)22-15-14-21(25(33)18-22)17-26(35)38-4-2/h5-15,18H,3-4,16-17,19H2,1-2H3. The van der Waals surface area contributed by atoms with Gasteiger partial charge in [-0.1, -0.05) is 67.6 Å². The van der Waals surface area contributed by atoms with Crippen LogP contribution in [-0.4, -0.2) is 31.0 Å². The van der Waals surface area contributed by atoms with Crippen LogP contribution in [0.1, 0.15) is 52.1 Å². The highest BCUT2D eigenvalue weighted by molar-refractivity contribution is 6.38. The number of carbonyl (C=O) groups excluding carboxylic acids is 3. The predicted molar refractivity (Wildman–Crippen MR) is 148 cm³/mol. The van der Waals surface area contributed by atoms with Gasteiger partial charge < -0.3 is 14.2 Å². The van der Waals surface area contributed by atoms with E-state index >= 15 is 4.39 Å². The largest absolute Gasteiger partial charge is 0.492 e. The maximum absolute atomic E-state index is 15.0. The van der Waals surface area contributed by atoms with Gasteiger partial charge in [0.25, 0.3) is 11.8 Å². The molecule has 5 rings (SSSR count). The normalized spacial score (nSPS) is 12.5. The quantitative estimate of drug-likeness (QED) is 0.174. The highest BCUT2D eigenvalue weighted by Gasteiger charge is 2.43. The van der Waals surface area contributed by atoms with Gasteiger partial charge in [0, 0.05) is 10.8 Å². The lowest BCUT2D eigenvalue weighted by molar-refractivity contribution is -0.142. The molecule has 0 saturated carbocycles. The van der Waals surface area contributed by atoms with Crippen molar-refractivity contribution in [1.82, 2.24) is 0 Å². The molecule has 0 saturated heterocycles. The number of fused-ring (bicyclic) bond motifs is 2. The molecular formula is C32H28FNO6. The lowest BCUT2D eigenvalue weighted by Gasteiger charge is -2.17. The Kier molecular flexibility index (Phi) is 7.77. The molecule has 0 spiro atoms. The molecule has 0 radical (unpaired) electrons. The Bertz CT molecular complexity index is 1600. The van der Waals surface area contributed by atoms with E-state index in [9.17, 15) is 14.4 Å². The van der Waals surface area contributed by atoms with E-state index in [2.05, 4.69) is 0 Å². The Morgan fingerprint density at radius 1 is 0.825 bits per heavy atom. The van der Waals surface area contributed by atoms with Crippen molar-refractivity contribution < 1.29 is 33.0 Å². The number of halogens is 1. The summed E-state index contributed by atoms with van der Waals surface area (Å²) in [6, 6.07) is 20.7. The number of amides is 2. The molecule has 8 heteroatoms. The van der Waals surface area contributed by atoms with Gasteiger partial charge in [-0.3, -0.25) is 14.4 Å². The number of imide groups is 1. The van der Waals surface area contributed by atoms with Crippen molar-refractivity contribution in [1.29, 1.82) is 0 Å². The summed E-state index contributed by atoms with van der Waals surface area (Å²) in [5, 5.41) is 1.26. The van der Waals surface area contributed by atoms with Crippen LogP contribution in [0.25, 0.3) is 10.8 Å². The third kappa shape index (κ3) is 5.00. The van der Waals surface area contributed by atoms with Crippen LogP contribution in [0, 0.1) is 5.82 Å². The van der Waals surface area contributed by atoms with E-state index in [1.165, 1.54) is 12.1 Å². The van der Waals surface area contributed by atoms with E-state index in [-0.39, 0.29) is 47.8 Å². The van der Waals surface area contributed by atoms with Crippen LogP contribution in [0.3, 0.4) is 0 Å². The molecule has 0 atom stereocenters. The minimum Gasteiger partial charge on any atom is -0.492 e. The van der Waals surface area contributed by atoms with Crippen molar-refractivity contribution in [3.63, 3.8) is 0 Å². The Hall–Kier alpha value is -4.72. The van der Waals surface area contributed by atoms with E-state index < -0.39 is 23.6 Å². The molecule has 0 aromatic heterocycles. The second kappa shape index (κ2) is 11.6. The van der Waals surface area contributed by atoms with E-state index in [4.69, 9.17) is 14.2 Å². The summed E-state index contributed by atoms with van der Waals surface area (Å²) in [5.74, 6) is -2.03. The topological polar surface area (TPSA) is 82.1 Å². The first-order valence-corrected chi connectivity index (χ1v) is 13.2. The number of carbonyl (C=O) groups is 3. The molecule has 40 heavy (non-hydrogen) atoms. The van der Waals surface area contributed by atoms with E-state index in [1.807, 2.05) is 61.5 Å². The van der Waals surface area contributed by atoms with Gasteiger partial charge in [-0.25, -0.2) is 9.29 Å². The predicted octanol–water partition coefficient (Wildman–Crippen LogP) is 6.25. The summed E-state index contributed by atoms with van der Waals surface area (Å²) < 4.78 is 32.2. The Morgan fingerprint density at radius 2 is 1.45 bits per heavy atom. The van der Waals surface area contributed by atoms with Gasteiger partial charge in [-0.2, -0.15) is 0 Å². The van der Waals surface area contributed by atoms with Gasteiger partial charge in [-0.05, 0) is 36.6 Å². The Balaban J connectivity index is 1.61. The lowest BCUT2D eigenvalue weighted by Crippen LogP contribution is -2.29. The van der Waals surface area contributed by atoms with Crippen LogP contribution in [-0.2, 0) is 22.6 Å². The third-order valence-electron chi connectivity index (χ3n) is 6.57. The number of anilines is 1. The average Bonchev–Trinajstić information content (AvgIpc) is 3.22. The van der Waals surface area contributed by atoms with Crippen molar-refractivity contribution in [2.45, 2.75) is 33.3 Å². The molecule has 0 N–H and O–H groups in total. The average molecular weight is 542 g/mol. The number of rotatable bonds is 10. The maximum Gasteiger partial charge on any atom is 0.310 e. The minimum atomic E-state index is -0.727. The van der Waals surface area contributed by atoms with Crippen LogP contribution in [0.2, 0.25) is 0 Å². The molecule has 1 aliphatic heterocycles. The molecule has 1 aliphatic rings. The molecule has 0 bridgehead atoms. The highest BCUT2D eigenvalue weighted by atomic mass is 19.1. The monoisotopic (exact) mass is 541 g/mol. The minimum absolute atomic E-state index is 0.0378. The molecule has 0 unspecified atom stereocenters. The van der Waals surface area contributed by atoms with Gasteiger partial charge in [-0.15, -0.1) is 0 Å². The van der Waals surface area contributed by atoms with Gasteiger partial charge in [0.15, 0.2) is 0 Å². The first-order valence-electron chi connectivity index (χ1n) is 13.2. The van der Waals surface area contributed by atoms with Gasteiger partial charge in [0.05, 0.1) is 36.4 Å². The first-order chi connectivity index (χ1) is 19.4.